The van der Waals surface area contributed by atoms with Crippen LogP contribution in [0.5, 0.6) is 0 Å². The van der Waals surface area contributed by atoms with Crippen LogP contribution in [0.2, 0.25) is 0 Å². The van der Waals surface area contributed by atoms with E-state index < -0.39 is 0 Å². The normalized spacial score (nSPS) is 12.3. The van der Waals surface area contributed by atoms with Crippen LogP contribution in [0.3, 0.4) is 0 Å². The molecule has 1 nitrogen and oxygen atoms in total. The monoisotopic (exact) mass is 557 g/mol. The first-order valence-electron chi connectivity index (χ1n) is 15.8. The van der Waals surface area contributed by atoms with Gasteiger partial charge in [-0.05, 0) is 91.7 Å². The van der Waals surface area contributed by atoms with E-state index in [0.29, 0.717) is 0 Å². The molecule has 0 atom stereocenters. The van der Waals surface area contributed by atoms with Crippen molar-refractivity contribution in [3.63, 3.8) is 0 Å². The second kappa shape index (κ2) is 13.2. The first-order valence-corrected chi connectivity index (χ1v) is 15.8. The van der Waals surface area contributed by atoms with Gasteiger partial charge in [0.15, 0.2) is 0 Å². The number of nitrogens with one attached hydrogen (secondary N) is 1. The summed E-state index contributed by atoms with van der Waals surface area (Å²) in [6.07, 6.45) is 5.23. The van der Waals surface area contributed by atoms with E-state index in [-0.39, 0.29) is 16.4 Å². The molecule has 4 rings (SSSR count). The maximum atomic E-state index is 4.39. The van der Waals surface area contributed by atoms with Crippen LogP contribution < -0.4 is 5.32 Å². The quantitative estimate of drug-likeness (QED) is 0.161. The predicted molar refractivity (Wildman–Crippen MR) is 183 cm³/mol. The molecule has 0 amide bonds. The molecule has 0 unspecified atom stereocenters. The van der Waals surface area contributed by atoms with Gasteiger partial charge >= 0.3 is 0 Å². The summed E-state index contributed by atoms with van der Waals surface area (Å²) in [5, 5.41) is 3.77. The molecule has 0 aliphatic heterocycles. The van der Waals surface area contributed by atoms with Crippen molar-refractivity contribution < 1.29 is 0 Å². The minimum Gasteiger partial charge on any atom is -0.380 e. The summed E-state index contributed by atoms with van der Waals surface area (Å²) in [7, 11) is 0. The SMILES string of the molecule is C=C(NC(C)(C)CC(C)(C)CCC(c1ccccc1)(c1ccc(CC)cc1)c1ccc(CC)cc1)c1ccc(C)cc1. The van der Waals surface area contributed by atoms with Gasteiger partial charge in [-0.3, -0.25) is 0 Å². The maximum Gasteiger partial charge on any atom is 0.0451 e. The Morgan fingerprint density at radius 3 is 1.57 bits per heavy atom. The number of aryl methyl sites for hydroxylation is 3. The first-order chi connectivity index (χ1) is 20.0. The highest BCUT2D eigenvalue weighted by molar-refractivity contribution is 5.62. The third kappa shape index (κ3) is 7.43. The van der Waals surface area contributed by atoms with Gasteiger partial charge in [-0.1, -0.05) is 143 Å². The van der Waals surface area contributed by atoms with Crippen LogP contribution in [0.25, 0.3) is 5.70 Å². The van der Waals surface area contributed by atoms with E-state index >= 15 is 0 Å². The Kier molecular flexibility index (Phi) is 9.82. The van der Waals surface area contributed by atoms with E-state index in [9.17, 15) is 0 Å². The van der Waals surface area contributed by atoms with Crippen molar-refractivity contribution in [2.24, 2.45) is 5.41 Å². The third-order valence-corrected chi connectivity index (χ3v) is 8.96. The van der Waals surface area contributed by atoms with Crippen molar-refractivity contribution in [2.45, 2.75) is 91.5 Å². The second-order valence-electron chi connectivity index (χ2n) is 13.6. The molecule has 0 saturated carbocycles. The van der Waals surface area contributed by atoms with Crippen molar-refractivity contribution >= 4 is 5.70 Å². The smallest absolute Gasteiger partial charge is 0.0451 e. The minimum atomic E-state index is -0.236. The van der Waals surface area contributed by atoms with Crippen LogP contribution in [-0.4, -0.2) is 5.54 Å². The molecule has 0 spiro atoms. The van der Waals surface area contributed by atoms with Gasteiger partial charge in [0.2, 0.25) is 0 Å². The molecule has 1 N–H and O–H groups in total. The summed E-state index contributed by atoms with van der Waals surface area (Å²) < 4.78 is 0. The number of hydrogen-bond acceptors (Lipinski definition) is 1. The summed E-state index contributed by atoms with van der Waals surface area (Å²) in [5.74, 6) is 0. The molecule has 0 aliphatic carbocycles. The van der Waals surface area contributed by atoms with Crippen molar-refractivity contribution in [1.29, 1.82) is 0 Å². The fourth-order valence-corrected chi connectivity index (χ4v) is 6.80. The lowest BCUT2D eigenvalue weighted by Gasteiger charge is -2.41. The largest absolute Gasteiger partial charge is 0.380 e. The van der Waals surface area contributed by atoms with Crippen LogP contribution in [0.4, 0.5) is 0 Å². The second-order valence-corrected chi connectivity index (χ2v) is 13.6. The van der Waals surface area contributed by atoms with Crippen molar-refractivity contribution in [3.05, 3.63) is 149 Å². The molecule has 0 radical (unpaired) electrons. The van der Waals surface area contributed by atoms with E-state index in [1.54, 1.807) is 0 Å². The van der Waals surface area contributed by atoms with Crippen LogP contribution in [0, 0.1) is 12.3 Å². The first kappa shape index (κ1) is 31.4. The number of hydrogen-bond donors (Lipinski definition) is 1. The fourth-order valence-electron chi connectivity index (χ4n) is 6.80. The lowest BCUT2D eigenvalue weighted by molar-refractivity contribution is 0.211. The molecule has 0 aromatic heterocycles. The van der Waals surface area contributed by atoms with Crippen LogP contribution in [0.15, 0.2) is 110 Å². The number of rotatable bonds is 13. The molecule has 0 bridgehead atoms. The summed E-state index contributed by atoms with van der Waals surface area (Å²) >= 11 is 0. The van der Waals surface area contributed by atoms with Gasteiger partial charge in [0.1, 0.15) is 0 Å². The van der Waals surface area contributed by atoms with E-state index in [2.05, 4.69) is 163 Å². The van der Waals surface area contributed by atoms with E-state index in [0.717, 1.165) is 43.4 Å². The Morgan fingerprint density at radius 2 is 1.10 bits per heavy atom. The lowest BCUT2D eigenvalue weighted by atomic mass is 9.63. The van der Waals surface area contributed by atoms with Crippen molar-refractivity contribution in [3.8, 4) is 0 Å². The zero-order valence-corrected chi connectivity index (χ0v) is 27.1. The highest BCUT2D eigenvalue weighted by Crippen LogP contribution is 2.47. The predicted octanol–water partition coefficient (Wildman–Crippen LogP) is 10.7. The molecular weight excluding hydrogens is 506 g/mol. The minimum absolute atomic E-state index is 0.0941. The summed E-state index contributed by atoms with van der Waals surface area (Å²) in [5.41, 5.74) is 10.0. The average Bonchev–Trinajstić information content (AvgIpc) is 2.98. The average molecular weight is 558 g/mol. The molecular formula is C41H51N. The summed E-state index contributed by atoms with van der Waals surface area (Å²) in [4.78, 5) is 0. The Morgan fingerprint density at radius 1 is 0.619 bits per heavy atom. The van der Waals surface area contributed by atoms with Gasteiger partial charge in [-0.2, -0.15) is 0 Å². The van der Waals surface area contributed by atoms with Crippen LogP contribution in [-0.2, 0) is 18.3 Å². The standard InChI is InChI=1S/C41H51N/c1-9-33-18-24-37(25-19-33)41(36-14-12-11-13-15-36,38-26-20-34(10-2)21-27-38)29-28-39(5,6)30-40(7,8)42-32(4)35-22-16-31(3)17-23-35/h11-27,42H,4,9-10,28-30H2,1-3,5-8H3. The molecule has 0 fully saturated rings. The lowest BCUT2D eigenvalue weighted by Crippen LogP contribution is -2.42. The van der Waals surface area contributed by atoms with Crippen molar-refractivity contribution in [1.82, 2.24) is 5.32 Å². The summed E-state index contributed by atoms with van der Waals surface area (Å²) in [6, 6.07) is 38.6. The molecule has 1 heteroatoms. The van der Waals surface area contributed by atoms with Gasteiger partial charge in [-0.15, -0.1) is 0 Å². The Hall–Kier alpha value is -3.58. The van der Waals surface area contributed by atoms with Crippen LogP contribution >= 0.6 is 0 Å². The molecule has 42 heavy (non-hydrogen) atoms. The van der Waals surface area contributed by atoms with Crippen LogP contribution in [0.1, 0.15) is 99.7 Å². The van der Waals surface area contributed by atoms with Gasteiger partial charge in [0.25, 0.3) is 0 Å². The van der Waals surface area contributed by atoms with E-state index in [1.165, 1.54) is 33.4 Å². The zero-order valence-electron chi connectivity index (χ0n) is 27.1. The van der Waals surface area contributed by atoms with E-state index in [4.69, 9.17) is 0 Å². The van der Waals surface area contributed by atoms with Gasteiger partial charge in [0, 0.05) is 16.7 Å². The maximum absolute atomic E-state index is 4.39. The van der Waals surface area contributed by atoms with E-state index in [1.807, 2.05) is 0 Å². The molecule has 0 heterocycles. The van der Waals surface area contributed by atoms with Gasteiger partial charge < -0.3 is 5.32 Å². The molecule has 4 aromatic carbocycles. The number of benzene rings is 4. The van der Waals surface area contributed by atoms with Gasteiger partial charge in [0.05, 0.1) is 0 Å². The van der Waals surface area contributed by atoms with Gasteiger partial charge in [-0.25, -0.2) is 0 Å². The Labute approximate surface area is 256 Å². The fraction of sp³-hybridized carbons (Fsp3) is 0.366. The summed E-state index contributed by atoms with van der Waals surface area (Å²) in [6.45, 7) is 20.5. The zero-order chi connectivity index (χ0) is 30.4. The highest BCUT2D eigenvalue weighted by Gasteiger charge is 2.39. The third-order valence-electron chi connectivity index (χ3n) is 8.96. The Bertz CT molecular complexity index is 1370. The van der Waals surface area contributed by atoms with Crippen molar-refractivity contribution in [2.75, 3.05) is 0 Å². The molecule has 220 valence electrons. The Balaban J connectivity index is 1.68. The molecule has 0 saturated heterocycles. The topological polar surface area (TPSA) is 12.0 Å². The highest BCUT2D eigenvalue weighted by atomic mass is 15.0. The molecule has 0 aliphatic rings. The molecule has 4 aromatic rings.